The molecule has 0 aliphatic heterocycles. The zero-order valence-electron chi connectivity index (χ0n) is 20.7. The number of esters is 2. The van der Waals surface area contributed by atoms with E-state index < -0.39 is 5.60 Å². The first-order valence-electron chi connectivity index (χ1n) is 13.0. The maximum absolute atomic E-state index is 12.5. The number of hydrogen-bond donors (Lipinski definition) is 0. The van der Waals surface area contributed by atoms with E-state index in [9.17, 15) is 14.4 Å². The van der Waals surface area contributed by atoms with Crippen molar-refractivity contribution in [2.24, 2.45) is 40.4 Å². The number of carbonyl (C=O) groups excluding carboxylic acids is 3. The number of Topliss-reactive ketones (excluding diaryl/α,β-unsaturated/α-hetero) is 1. The van der Waals surface area contributed by atoms with Crippen LogP contribution in [0, 0.1) is 40.4 Å². The Hall–Kier alpha value is -1.39. The standard InChI is InChI=1S/C27H42O5/c1-6-23(29)31-16-27-17(3)14-19(28)15-18(27)8-9-20-21-11-13-26(5,32-24(30)7-2)25(21,4)12-10-22(20)27/h17-18,20-22H,6-16H2,1-5H3/t17-,18-,20-,21-,22-,25-,26-,27-/m0/s1. The molecule has 4 fully saturated rings. The Morgan fingerprint density at radius 1 is 0.938 bits per heavy atom. The quantitative estimate of drug-likeness (QED) is 0.522. The molecule has 0 heterocycles. The summed E-state index contributed by atoms with van der Waals surface area (Å²) >= 11 is 0. The number of ketones is 1. The molecule has 5 heteroatoms. The van der Waals surface area contributed by atoms with E-state index >= 15 is 0 Å². The molecule has 0 bridgehead atoms. The Labute approximate surface area is 193 Å². The average Bonchev–Trinajstić information content (AvgIpc) is 3.02. The first-order valence-corrected chi connectivity index (χ1v) is 13.0. The molecule has 180 valence electrons. The minimum Gasteiger partial charge on any atom is -0.465 e. The Morgan fingerprint density at radius 3 is 2.31 bits per heavy atom. The van der Waals surface area contributed by atoms with Gasteiger partial charge in [0.1, 0.15) is 11.4 Å². The topological polar surface area (TPSA) is 69.7 Å². The molecule has 0 aromatic rings. The monoisotopic (exact) mass is 446 g/mol. The molecule has 4 aliphatic rings. The average molecular weight is 447 g/mol. The molecule has 0 amide bonds. The van der Waals surface area contributed by atoms with Gasteiger partial charge in [0, 0.05) is 36.5 Å². The first-order chi connectivity index (χ1) is 15.1. The smallest absolute Gasteiger partial charge is 0.306 e. The molecule has 0 aromatic heterocycles. The second-order valence-electron chi connectivity index (χ2n) is 11.7. The molecule has 5 nitrogen and oxygen atoms in total. The molecular formula is C27H42O5. The molecule has 0 aromatic carbocycles. The predicted molar refractivity (Wildman–Crippen MR) is 122 cm³/mol. The molecule has 8 atom stereocenters. The van der Waals surface area contributed by atoms with Crippen LogP contribution in [0.4, 0.5) is 0 Å². The number of hydrogen-bond acceptors (Lipinski definition) is 5. The van der Waals surface area contributed by atoms with Crippen molar-refractivity contribution >= 4 is 17.7 Å². The second-order valence-corrected chi connectivity index (χ2v) is 11.7. The summed E-state index contributed by atoms with van der Waals surface area (Å²) in [4.78, 5) is 36.9. The summed E-state index contributed by atoms with van der Waals surface area (Å²) in [5.41, 5.74) is -0.508. The third-order valence-corrected chi connectivity index (χ3v) is 10.6. The third kappa shape index (κ3) is 3.44. The van der Waals surface area contributed by atoms with Gasteiger partial charge in [0.2, 0.25) is 0 Å². The third-order valence-electron chi connectivity index (χ3n) is 10.6. The van der Waals surface area contributed by atoms with Crippen LogP contribution in [0.2, 0.25) is 0 Å². The van der Waals surface area contributed by atoms with Crippen LogP contribution in [-0.4, -0.2) is 29.9 Å². The fraction of sp³-hybridized carbons (Fsp3) is 0.889. The second kappa shape index (κ2) is 8.43. The SMILES string of the molecule is CCC(=O)OC[C@]12[C@@H](CC[C@@H]3[C@@H]1CC[C@@]1(C)[C@H]3CC[C@]1(C)OC(=O)CC)CC(=O)C[C@@H]2C. The summed E-state index contributed by atoms with van der Waals surface area (Å²) in [7, 11) is 0. The molecule has 4 saturated carbocycles. The highest BCUT2D eigenvalue weighted by molar-refractivity contribution is 5.80. The van der Waals surface area contributed by atoms with E-state index in [1.807, 2.05) is 13.8 Å². The normalized spacial score (nSPS) is 45.4. The van der Waals surface area contributed by atoms with Crippen LogP contribution in [0.15, 0.2) is 0 Å². The molecule has 0 spiro atoms. The van der Waals surface area contributed by atoms with Gasteiger partial charge in [-0.3, -0.25) is 14.4 Å². The van der Waals surface area contributed by atoms with Crippen LogP contribution in [0.1, 0.15) is 98.8 Å². The van der Waals surface area contributed by atoms with Crippen molar-refractivity contribution in [1.82, 2.24) is 0 Å². The van der Waals surface area contributed by atoms with Gasteiger partial charge in [0.25, 0.3) is 0 Å². The zero-order valence-corrected chi connectivity index (χ0v) is 20.7. The van der Waals surface area contributed by atoms with Gasteiger partial charge in [-0.25, -0.2) is 0 Å². The molecular weight excluding hydrogens is 404 g/mol. The molecule has 0 radical (unpaired) electrons. The van der Waals surface area contributed by atoms with Gasteiger partial charge in [-0.05, 0) is 75.0 Å². The van der Waals surface area contributed by atoms with E-state index in [4.69, 9.17) is 9.47 Å². The van der Waals surface area contributed by atoms with Gasteiger partial charge in [-0.15, -0.1) is 0 Å². The van der Waals surface area contributed by atoms with Crippen molar-refractivity contribution in [3.05, 3.63) is 0 Å². The van der Waals surface area contributed by atoms with Crippen LogP contribution >= 0.6 is 0 Å². The fourth-order valence-electron chi connectivity index (χ4n) is 8.66. The van der Waals surface area contributed by atoms with Crippen molar-refractivity contribution in [3.63, 3.8) is 0 Å². The van der Waals surface area contributed by atoms with Crippen LogP contribution in [0.5, 0.6) is 0 Å². The zero-order chi connectivity index (χ0) is 23.3. The van der Waals surface area contributed by atoms with Crippen molar-refractivity contribution < 1.29 is 23.9 Å². The Balaban J connectivity index is 1.66. The van der Waals surface area contributed by atoms with E-state index in [1.165, 1.54) is 0 Å². The Bertz CT molecular complexity index is 776. The lowest BCUT2D eigenvalue weighted by Gasteiger charge is -2.63. The minimum atomic E-state index is -0.400. The van der Waals surface area contributed by atoms with Crippen molar-refractivity contribution in [1.29, 1.82) is 0 Å². The minimum absolute atomic E-state index is 0.0131. The molecule has 0 unspecified atom stereocenters. The molecule has 4 aliphatic carbocycles. The lowest BCUT2D eigenvalue weighted by atomic mass is 9.42. The summed E-state index contributed by atoms with van der Waals surface area (Å²) in [6, 6.07) is 0. The predicted octanol–water partition coefficient (Wildman–Crippen LogP) is 5.49. The summed E-state index contributed by atoms with van der Waals surface area (Å²) in [6.45, 7) is 10.9. The molecule has 4 rings (SSSR count). The van der Waals surface area contributed by atoms with Gasteiger partial charge in [0.05, 0.1) is 6.61 Å². The highest BCUT2D eigenvalue weighted by Gasteiger charge is 2.67. The van der Waals surface area contributed by atoms with Gasteiger partial charge >= 0.3 is 11.9 Å². The van der Waals surface area contributed by atoms with Crippen molar-refractivity contribution in [3.8, 4) is 0 Å². The van der Waals surface area contributed by atoms with Gasteiger partial charge in [-0.2, -0.15) is 0 Å². The summed E-state index contributed by atoms with van der Waals surface area (Å²) in [5.74, 6) is 2.23. The van der Waals surface area contributed by atoms with Crippen molar-refractivity contribution in [2.45, 2.75) is 104 Å². The maximum Gasteiger partial charge on any atom is 0.306 e. The number of ether oxygens (including phenoxy) is 2. The highest BCUT2D eigenvalue weighted by Crippen LogP contribution is 2.69. The largest absolute Gasteiger partial charge is 0.465 e. The molecule has 0 saturated heterocycles. The van der Waals surface area contributed by atoms with Crippen LogP contribution in [-0.2, 0) is 23.9 Å². The van der Waals surface area contributed by atoms with Crippen LogP contribution in [0.3, 0.4) is 0 Å². The van der Waals surface area contributed by atoms with Gasteiger partial charge < -0.3 is 9.47 Å². The van der Waals surface area contributed by atoms with Crippen LogP contribution < -0.4 is 0 Å². The van der Waals surface area contributed by atoms with E-state index in [2.05, 4.69) is 20.8 Å². The maximum atomic E-state index is 12.5. The number of rotatable bonds is 5. The Morgan fingerprint density at radius 2 is 1.62 bits per heavy atom. The van der Waals surface area contributed by atoms with Gasteiger partial charge in [-0.1, -0.05) is 27.7 Å². The highest BCUT2D eigenvalue weighted by atomic mass is 16.6. The molecule has 32 heavy (non-hydrogen) atoms. The fourth-order valence-corrected chi connectivity index (χ4v) is 8.66. The Kier molecular flexibility index (Phi) is 6.26. The van der Waals surface area contributed by atoms with Crippen LogP contribution in [0.25, 0.3) is 0 Å². The van der Waals surface area contributed by atoms with E-state index in [0.717, 1.165) is 38.5 Å². The number of carbonyl (C=O) groups is 3. The van der Waals surface area contributed by atoms with E-state index in [0.29, 0.717) is 61.7 Å². The van der Waals surface area contributed by atoms with Gasteiger partial charge in [0.15, 0.2) is 0 Å². The van der Waals surface area contributed by atoms with Crippen molar-refractivity contribution in [2.75, 3.05) is 6.61 Å². The summed E-state index contributed by atoms with van der Waals surface area (Å²) in [6.07, 6.45) is 8.36. The lowest BCUT2D eigenvalue weighted by molar-refractivity contribution is -0.200. The van der Waals surface area contributed by atoms with E-state index in [-0.39, 0.29) is 28.7 Å². The number of fused-ring (bicyclic) bond motifs is 5. The van der Waals surface area contributed by atoms with E-state index in [1.54, 1.807) is 0 Å². The lowest BCUT2D eigenvalue weighted by Crippen LogP contribution is -2.61. The summed E-state index contributed by atoms with van der Waals surface area (Å²) < 4.78 is 12.0. The first kappa shape index (κ1) is 23.8. The molecule has 0 N–H and O–H groups in total. The summed E-state index contributed by atoms with van der Waals surface area (Å²) in [5, 5.41) is 0.